The van der Waals surface area contributed by atoms with E-state index in [-0.39, 0.29) is 0 Å². The van der Waals surface area contributed by atoms with Crippen molar-refractivity contribution in [2.45, 2.75) is 39.3 Å². The van der Waals surface area contributed by atoms with Crippen LogP contribution in [0, 0.1) is 13.8 Å². The fraction of sp³-hybridized carbons (Fsp3) is 0.370. The Morgan fingerprint density at radius 2 is 1.97 bits per heavy atom. The van der Waals surface area contributed by atoms with Crippen LogP contribution in [-0.2, 0) is 11.3 Å². The molecule has 0 bridgehead atoms. The van der Waals surface area contributed by atoms with Crippen LogP contribution in [0.1, 0.15) is 41.1 Å². The first-order chi connectivity index (χ1) is 16.1. The van der Waals surface area contributed by atoms with Crippen LogP contribution in [0.3, 0.4) is 0 Å². The summed E-state index contributed by atoms with van der Waals surface area (Å²) in [4.78, 5) is 14.6. The van der Waals surface area contributed by atoms with E-state index >= 15 is 0 Å². The number of likely N-dealkylation sites (tertiary alicyclic amines) is 1. The number of para-hydroxylation sites is 1. The second-order valence-electron chi connectivity index (χ2n) is 9.15. The van der Waals surface area contributed by atoms with Crippen LogP contribution >= 0.6 is 0 Å². The quantitative estimate of drug-likeness (QED) is 0.519. The Bertz CT molecular complexity index is 1250. The summed E-state index contributed by atoms with van der Waals surface area (Å²) in [6.07, 6.45) is 6.50. The normalized spacial score (nSPS) is 18.8. The molecule has 2 aromatic heterocycles. The highest BCUT2D eigenvalue weighted by atomic mass is 16.5. The lowest BCUT2D eigenvalue weighted by atomic mass is 10.0. The molecule has 0 saturated carbocycles. The van der Waals surface area contributed by atoms with Gasteiger partial charge in [0.1, 0.15) is 11.5 Å². The molecule has 33 heavy (non-hydrogen) atoms. The summed E-state index contributed by atoms with van der Waals surface area (Å²) in [6, 6.07) is 11.3. The topological polar surface area (TPSA) is 68.4 Å². The molecule has 1 fully saturated rings. The Balaban J connectivity index is 1.52. The Hall–Kier alpha value is -3.09. The molecule has 2 aliphatic rings. The highest BCUT2D eigenvalue weighted by Gasteiger charge is 2.25. The molecule has 5 rings (SSSR count). The summed E-state index contributed by atoms with van der Waals surface area (Å²) >= 11 is 0. The number of rotatable bonds is 6. The number of methoxy groups -OCH3 is 1. The zero-order chi connectivity index (χ0) is 22.9. The summed E-state index contributed by atoms with van der Waals surface area (Å²) < 4.78 is 5.72. The summed E-state index contributed by atoms with van der Waals surface area (Å²) in [5.41, 5.74) is 8.74. The summed E-state index contributed by atoms with van der Waals surface area (Å²) in [6.45, 7) is 7.30. The molecule has 0 amide bonds. The van der Waals surface area contributed by atoms with Gasteiger partial charge in [0.15, 0.2) is 0 Å². The lowest BCUT2D eigenvalue weighted by Crippen LogP contribution is -2.40. The number of piperidine rings is 1. The molecular weight excluding hydrogens is 410 g/mol. The van der Waals surface area contributed by atoms with Crippen LogP contribution in [0.25, 0.3) is 17.0 Å². The predicted octanol–water partition coefficient (Wildman–Crippen LogP) is 4.67. The molecule has 0 unspecified atom stereocenters. The first kappa shape index (κ1) is 21.7. The Kier molecular flexibility index (Phi) is 5.96. The summed E-state index contributed by atoms with van der Waals surface area (Å²) in [7, 11) is 3.78. The Morgan fingerprint density at radius 3 is 2.67 bits per heavy atom. The van der Waals surface area contributed by atoms with Crippen LogP contribution in [0.5, 0.6) is 0 Å². The zero-order valence-electron chi connectivity index (χ0n) is 20.0. The van der Waals surface area contributed by atoms with Gasteiger partial charge in [0.25, 0.3) is 0 Å². The van der Waals surface area contributed by atoms with Gasteiger partial charge >= 0.3 is 0 Å². The number of aromatic amines is 2. The highest BCUT2D eigenvalue weighted by molar-refractivity contribution is 6.14. The first-order valence-electron chi connectivity index (χ1n) is 11.8. The molecule has 0 radical (unpaired) electrons. The van der Waals surface area contributed by atoms with Crippen molar-refractivity contribution in [3.63, 3.8) is 0 Å². The van der Waals surface area contributed by atoms with Gasteiger partial charge in [-0.25, -0.2) is 4.99 Å². The lowest BCUT2D eigenvalue weighted by Gasteiger charge is -2.31. The van der Waals surface area contributed by atoms with Gasteiger partial charge in [-0.2, -0.15) is 0 Å². The van der Waals surface area contributed by atoms with E-state index in [2.05, 4.69) is 83.6 Å². The van der Waals surface area contributed by atoms with E-state index in [0.29, 0.717) is 6.04 Å². The fourth-order valence-corrected chi connectivity index (χ4v) is 5.03. The van der Waals surface area contributed by atoms with Crippen molar-refractivity contribution in [3.05, 3.63) is 76.1 Å². The number of aromatic nitrogens is 2. The van der Waals surface area contributed by atoms with Crippen LogP contribution in [0.4, 0.5) is 0 Å². The number of fused-ring (bicyclic) bond motifs is 1. The highest BCUT2D eigenvalue weighted by Crippen LogP contribution is 2.31. The van der Waals surface area contributed by atoms with Gasteiger partial charge in [0, 0.05) is 46.5 Å². The number of hydrogen-bond donors (Lipinski definition) is 3. The zero-order valence-corrected chi connectivity index (χ0v) is 20.0. The number of allylic oxidation sites excluding steroid dienone is 1. The lowest BCUT2D eigenvalue weighted by molar-refractivity contribution is 0.195. The molecule has 3 N–H and O–H groups in total. The average molecular weight is 444 g/mol. The van der Waals surface area contributed by atoms with Crippen molar-refractivity contribution in [2.24, 2.45) is 4.99 Å². The van der Waals surface area contributed by atoms with E-state index in [9.17, 15) is 0 Å². The second kappa shape index (κ2) is 9.04. The maximum atomic E-state index is 5.72. The molecule has 6 heteroatoms. The third-order valence-electron chi connectivity index (χ3n) is 6.90. The van der Waals surface area contributed by atoms with E-state index in [1.165, 1.54) is 29.4 Å². The van der Waals surface area contributed by atoms with E-state index < -0.39 is 0 Å². The number of H-pyrrole nitrogens is 2. The van der Waals surface area contributed by atoms with Gasteiger partial charge < -0.3 is 20.0 Å². The van der Waals surface area contributed by atoms with E-state index in [1.54, 1.807) is 7.11 Å². The number of aryl methyl sites for hydroxylation is 2. The molecule has 6 nitrogen and oxygen atoms in total. The maximum Gasteiger partial charge on any atom is 0.146 e. The number of nitrogens with zero attached hydrogens (tertiary/aromatic N) is 2. The summed E-state index contributed by atoms with van der Waals surface area (Å²) in [5.74, 6) is 0.788. The van der Waals surface area contributed by atoms with Gasteiger partial charge in [-0.3, -0.25) is 4.90 Å². The van der Waals surface area contributed by atoms with Crippen molar-refractivity contribution in [1.82, 2.24) is 20.2 Å². The van der Waals surface area contributed by atoms with Gasteiger partial charge in [-0.05, 0) is 70.6 Å². The maximum absolute atomic E-state index is 5.72. The number of aliphatic imine (C=N–C) groups is 1. The number of benzene rings is 1. The van der Waals surface area contributed by atoms with Gasteiger partial charge in [-0.1, -0.05) is 18.2 Å². The fourth-order valence-electron chi connectivity index (χ4n) is 5.03. The van der Waals surface area contributed by atoms with Crippen molar-refractivity contribution in [1.29, 1.82) is 0 Å². The molecule has 2 aliphatic heterocycles. The molecule has 0 aliphatic carbocycles. The minimum atomic E-state index is 0.628. The molecule has 1 aromatic carbocycles. The van der Waals surface area contributed by atoms with Crippen LogP contribution in [0.15, 0.2) is 52.9 Å². The molecule has 0 spiro atoms. The largest absolute Gasteiger partial charge is 0.494 e. The minimum Gasteiger partial charge on any atom is -0.494 e. The molecule has 1 saturated heterocycles. The molecule has 4 heterocycles. The number of nitrogens with one attached hydrogen (secondary N) is 3. The summed E-state index contributed by atoms with van der Waals surface area (Å²) in [5, 5.41) is 4.70. The number of ether oxygens (including phenoxy) is 1. The van der Waals surface area contributed by atoms with Crippen LogP contribution in [0.2, 0.25) is 0 Å². The molecule has 0 atom stereocenters. The standard InChI is InChI=1S/C27H33N5O/c1-17-13-18(2)29-23(17)14-24-26(33-4)15-25(30-24)27-21(20-7-5-6-8-22(20)31-27)16-32-11-9-19(28-3)10-12-32/h5-8,13-15,19,28-29,31H,9-12,16H2,1-4H3/b24-14-. The third-order valence-corrected chi connectivity index (χ3v) is 6.90. The van der Waals surface area contributed by atoms with Gasteiger partial charge in [0.2, 0.25) is 0 Å². The van der Waals surface area contributed by atoms with Crippen LogP contribution < -0.4 is 5.32 Å². The minimum absolute atomic E-state index is 0.628. The van der Waals surface area contributed by atoms with Crippen molar-refractivity contribution in [3.8, 4) is 0 Å². The monoisotopic (exact) mass is 443 g/mol. The SMILES string of the molecule is CNC1CCN(Cc2c(C3=N/C(=C\c4[nH]c(C)cc4C)C(OC)=C3)[nH]c3ccccc23)CC1. The average Bonchev–Trinajstić information content (AvgIpc) is 3.49. The van der Waals surface area contributed by atoms with Crippen molar-refractivity contribution in [2.75, 3.05) is 27.2 Å². The predicted molar refractivity (Wildman–Crippen MR) is 136 cm³/mol. The second-order valence-corrected chi connectivity index (χ2v) is 9.15. The Labute approximate surface area is 195 Å². The third kappa shape index (κ3) is 4.28. The van der Waals surface area contributed by atoms with E-state index in [1.807, 2.05) is 0 Å². The first-order valence-corrected chi connectivity index (χ1v) is 11.8. The molecular formula is C27H33N5O. The Morgan fingerprint density at radius 1 is 1.18 bits per heavy atom. The van der Waals surface area contributed by atoms with Crippen molar-refractivity contribution < 1.29 is 4.74 Å². The van der Waals surface area contributed by atoms with E-state index in [0.717, 1.165) is 59.4 Å². The van der Waals surface area contributed by atoms with Gasteiger partial charge in [-0.15, -0.1) is 0 Å². The molecule has 3 aromatic rings. The number of hydrogen-bond acceptors (Lipinski definition) is 4. The van der Waals surface area contributed by atoms with Gasteiger partial charge in [0.05, 0.1) is 18.5 Å². The van der Waals surface area contributed by atoms with E-state index in [4.69, 9.17) is 9.73 Å². The van der Waals surface area contributed by atoms with Crippen molar-refractivity contribution >= 4 is 22.7 Å². The smallest absolute Gasteiger partial charge is 0.146 e. The molecule has 172 valence electrons. The van der Waals surface area contributed by atoms with Crippen LogP contribution in [-0.4, -0.2) is 53.9 Å².